The average molecular weight is 273 g/mol. The van der Waals surface area contributed by atoms with Crippen molar-refractivity contribution in [1.82, 2.24) is 0 Å². The molecule has 0 heterocycles. The van der Waals surface area contributed by atoms with Gasteiger partial charge >= 0.3 is 5.97 Å². The van der Waals surface area contributed by atoms with Crippen LogP contribution in [0.5, 0.6) is 0 Å². The number of para-hydroxylation sites is 1. The quantitative estimate of drug-likeness (QED) is 0.904. The van der Waals surface area contributed by atoms with Gasteiger partial charge in [-0.15, -0.1) is 0 Å². The molecule has 0 radical (unpaired) electrons. The van der Waals surface area contributed by atoms with Gasteiger partial charge in [0, 0.05) is 12.2 Å². The molecule has 0 spiro atoms. The first-order valence-corrected chi connectivity index (χ1v) is 6.44. The zero-order chi connectivity index (χ0) is 14.5. The van der Waals surface area contributed by atoms with Crippen molar-refractivity contribution in [2.24, 2.45) is 0 Å². The topological polar surface area (TPSA) is 40.5 Å². The van der Waals surface area contributed by atoms with Crippen molar-refractivity contribution in [2.45, 2.75) is 13.3 Å². The van der Waals surface area contributed by atoms with E-state index in [4.69, 9.17) is 5.11 Å². The smallest absolute Gasteiger partial charge is 0.307 e. The monoisotopic (exact) mass is 273 g/mol. The number of aliphatic carboxylic acids is 1. The molecule has 2 aromatic rings. The van der Waals surface area contributed by atoms with Gasteiger partial charge in [0.2, 0.25) is 0 Å². The lowest BCUT2D eigenvalue weighted by Crippen LogP contribution is -2.17. The highest BCUT2D eigenvalue weighted by Crippen LogP contribution is 2.28. The number of carboxylic acids is 1. The molecule has 0 aromatic heterocycles. The van der Waals surface area contributed by atoms with Crippen LogP contribution in [-0.4, -0.2) is 17.6 Å². The Morgan fingerprint density at radius 1 is 1.20 bits per heavy atom. The largest absolute Gasteiger partial charge is 0.481 e. The van der Waals surface area contributed by atoms with Gasteiger partial charge in [-0.3, -0.25) is 4.79 Å². The standard InChI is InChI=1S/C16H16FNO2/c1-2-18(13-6-4-3-5-7-13)15-9-8-12(10-14(15)17)11-16(19)20/h3-10H,2,11H2,1H3,(H,19,20). The third kappa shape index (κ3) is 3.15. The second kappa shape index (κ2) is 6.19. The van der Waals surface area contributed by atoms with Crippen LogP contribution in [0.3, 0.4) is 0 Å². The Morgan fingerprint density at radius 2 is 1.90 bits per heavy atom. The molecule has 20 heavy (non-hydrogen) atoms. The van der Waals surface area contributed by atoms with E-state index in [0.29, 0.717) is 17.8 Å². The lowest BCUT2D eigenvalue weighted by atomic mass is 10.1. The SMILES string of the molecule is CCN(c1ccccc1)c1ccc(CC(=O)O)cc1F. The highest BCUT2D eigenvalue weighted by molar-refractivity contribution is 5.71. The Balaban J connectivity index is 2.34. The molecule has 0 aliphatic rings. The highest BCUT2D eigenvalue weighted by Gasteiger charge is 2.13. The number of anilines is 2. The van der Waals surface area contributed by atoms with Gasteiger partial charge in [0.15, 0.2) is 0 Å². The Kier molecular flexibility index (Phi) is 4.35. The molecular weight excluding hydrogens is 257 g/mol. The van der Waals surface area contributed by atoms with Crippen molar-refractivity contribution >= 4 is 17.3 Å². The molecular formula is C16H16FNO2. The van der Waals surface area contributed by atoms with E-state index in [0.717, 1.165) is 5.69 Å². The number of carbonyl (C=O) groups is 1. The minimum Gasteiger partial charge on any atom is -0.481 e. The number of halogens is 1. The number of rotatable bonds is 5. The molecule has 0 amide bonds. The number of hydrogen-bond donors (Lipinski definition) is 1. The summed E-state index contributed by atoms with van der Waals surface area (Å²) in [7, 11) is 0. The fourth-order valence-corrected chi connectivity index (χ4v) is 2.15. The molecule has 4 heteroatoms. The van der Waals surface area contributed by atoms with E-state index in [9.17, 15) is 9.18 Å². The molecule has 0 saturated carbocycles. The summed E-state index contributed by atoms with van der Waals surface area (Å²) in [6, 6.07) is 14.1. The zero-order valence-corrected chi connectivity index (χ0v) is 11.2. The van der Waals surface area contributed by atoms with E-state index in [1.165, 1.54) is 6.07 Å². The molecule has 104 valence electrons. The van der Waals surface area contributed by atoms with Crippen LogP contribution in [0.4, 0.5) is 15.8 Å². The number of benzene rings is 2. The normalized spacial score (nSPS) is 10.3. The average Bonchev–Trinajstić information content (AvgIpc) is 2.42. The summed E-state index contributed by atoms with van der Waals surface area (Å²) >= 11 is 0. The summed E-state index contributed by atoms with van der Waals surface area (Å²) in [5, 5.41) is 8.73. The van der Waals surface area contributed by atoms with Gasteiger partial charge < -0.3 is 10.0 Å². The Bertz CT molecular complexity index is 599. The minimum atomic E-state index is -0.965. The van der Waals surface area contributed by atoms with Gasteiger partial charge in [-0.2, -0.15) is 0 Å². The maximum absolute atomic E-state index is 14.2. The predicted molar refractivity (Wildman–Crippen MR) is 76.9 cm³/mol. The number of nitrogens with zero attached hydrogens (tertiary/aromatic N) is 1. The fourth-order valence-electron chi connectivity index (χ4n) is 2.15. The fraction of sp³-hybridized carbons (Fsp3) is 0.188. The first-order chi connectivity index (χ1) is 9.61. The second-order valence-corrected chi connectivity index (χ2v) is 4.44. The Labute approximate surface area is 117 Å². The highest BCUT2D eigenvalue weighted by atomic mass is 19.1. The molecule has 0 saturated heterocycles. The molecule has 0 atom stereocenters. The third-order valence-electron chi connectivity index (χ3n) is 3.04. The summed E-state index contributed by atoms with van der Waals surface area (Å²) in [5.41, 5.74) is 1.82. The lowest BCUT2D eigenvalue weighted by Gasteiger charge is -2.24. The Morgan fingerprint density at radius 3 is 2.45 bits per heavy atom. The third-order valence-corrected chi connectivity index (χ3v) is 3.04. The predicted octanol–water partition coefficient (Wildman–Crippen LogP) is 3.61. The molecule has 0 aliphatic carbocycles. The van der Waals surface area contributed by atoms with Gasteiger partial charge in [0.25, 0.3) is 0 Å². The summed E-state index contributed by atoms with van der Waals surface area (Å²) in [6.07, 6.45) is -0.172. The molecule has 1 N–H and O–H groups in total. The van der Waals surface area contributed by atoms with Gasteiger partial charge in [0.05, 0.1) is 12.1 Å². The van der Waals surface area contributed by atoms with Crippen molar-refractivity contribution < 1.29 is 14.3 Å². The zero-order valence-electron chi connectivity index (χ0n) is 11.2. The van der Waals surface area contributed by atoms with Crippen LogP contribution in [0.1, 0.15) is 12.5 Å². The molecule has 0 fully saturated rings. The van der Waals surface area contributed by atoms with Gasteiger partial charge in [-0.25, -0.2) is 4.39 Å². The first kappa shape index (κ1) is 14.1. The van der Waals surface area contributed by atoms with Crippen molar-refractivity contribution in [3.63, 3.8) is 0 Å². The van der Waals surface area contributed by atoms with Crippen molar-refractivity contribution in [2.75, 3.05) is 11.4 Å². The minimum absolute atomic E-state index is 0.172. The van der Waals surface area contributed by atoms with Gasteiger partial charge in [-0.05, 0) is 36.8 Å². The number of carboxylic acid groups (broad SMARTS) is 1. The maximum Gasteiger partial charge on any atom is 0.307 e. The van der Waals surface area contributed by atoms with Gasteiger partial charge in [0.1, 0.15) is 5.82 Å². The van der Waals surface area contributed by atoms with Crippen LogP contribution in [0, 0.1) is 5.82 Å². The number of hydrogen-bond acceptors (Lipinski definition) is 2. The van der Waals surface area contributed by atoms with E-state index in [2.05, 4.69) is 0 Å². The second-order valence-electron chi connectivity index (χ2n) is 4.44. The summed E-state index contributed by atoms with van der Waals surface area (Å²) in [5.74, 6) is -1.37. The lowest BCUT2D eigenvalue weighted by molar-refractivity contribution is -0.136. The summed E-state index contributed by atoms with van der Waals surface area (Å²) in [6.45, 7) is 2.57. The van der Waals surface area contributed by atoms with E-state index < -0.39 is 11.8 Å². The van der Waals surface area contributed by atoms with E-state index in [1.807, 2.05) is 42.2 Å². The summed E-state index contributed by atoms with van der Waals surface area (Å²) in [4.78, 5) is 12.5. The van der Waals surface area contributed by atoms with Crippen molar-refractivity contribution in [3.8, 4) is 0 Å². The van der Waals surface area contributed by atoms with Crippen molar-refractivity contribution in [1.29, 1.82) is 0 Å². The van der Waals surface area contributed by atoms with Crippen LogP contribution >= 0.6 is 0 Å². The molecule has 2 rings (SSSR count). The Hall–Kier alpha value is -2.36. The molecule has 0 bridgehead atoms. The van der Waals surface area contributed by atoms with Crippen LogP contribution in [0.25, 0.3) is 0 Å². The van der Waals surface area contributed by atoms with E-state index >= 15 is 0 Å². The van der Waals surface area contributed by atoms with Gasteiger partial charge in [-0.1, -0.05) is 24.3 Å². The van der Waals surface area contributed by atoms with Crippen LogP contribution in [0.15, 0.2) is 48.5 Å². The summed E-state index contributed by atoms with van der Waals surface area (Å²) < 4.78 is 14.2. The maximum atomic E-state index is 14.2. The van der Waals surface area contributed by atoms with E-state index in [-0.39, 0.29) is 6.42 Å². The van der Waals surface area contributed by atoms with Crippen LogP contribution in [0.2, 0.25) is 0 Å². The van der Waals surface area contributed by atoms with Crippen LogP contribution in [-0.2, 0) is 11.2 Å². The van der Waals surface area contributed by atoms with Crippen molar-refractivity contribution in [3.05, 3.63) is 59.9 Å². The first-order valence-electron chi connectivity index (χ1n) is 6.44. The van der Waals surface area contributed by atoms with E-state index in [1.54, 1.807) is 12.1 Å². The molecule has 3 nitrogen and oxygen atoms in total. The molecule has 2 aromatic carbocycles. The van der Waals surface area contributed by atoms with Crippen LogP contribution < -0.4 is 4.90 Å². The molecule has 0 aliphatic heterocycles. The molecule has 0 unspecified atom stereocenters.